The van der Waals surface area contributed by atoms with E-state index < -0.39 is 88.4 Å². The fourth-order valence-corrected chi connectivity index (χ4v) is 8.20. The molecule has 0 aliphatic carbocycles. The molecule has 0 spiro atoms. The van der Waals surface area contributed by atoms with Crippen LogP contribution in [0.2, 0.25) is 10.0 Å². The Kier molecular flexibility index (Phi) is 12.1. The minimum Gasteiger partial charge on any atom is -0.352 e. The van der Waals surface area contributed by atoms with Crippen LogP contribution in [0, 0.1) is 6.92 Å². The van der Waals surface area contributed by atoms with E-state index in [9.17, 15) is 31.0 Å². The number of azide groups is 1. The fourth-order valence-electron chi connectivity index (χ4n) is 4.34. The number of halogens is 2. The van der Waals surface area contributed by atoms with Crippen LogP contribution in [0.4, 0.5) is 0 Å². The maximum atomic E-state index is 13.7. The lowest BCUT2D eigenvalue weighted by atomic mass is 10.1. The normalized spacial score (nSPS) is 18.6. The molecule has 1 aliphatic heterocycles. The number of phosphoric ester groups is 1. The number of hydrogen-bond donors (Lipinski definition) is 1. The Hall–Kier alpha value is -3.02. The Morgan fingerprint density at radius 3 is 1.96 bits per heavy atom. The summed E-state index contributed by atoms with van der Waals surface area (Å²) in [5.74, 6) is -1.32. The van der Waals surface area contributed by atoms with Crippen molar-refractivity contribution in [1.29, 1.82) is 0 Å². The van der Waals surface area contributed by atoms with E-state index in [0.29, 0.717) is 10.0 Å². The van der Waals surface area contributed by atoms with Crippen LogP contribution in [-0.4, -0.2) is 69.9 Å². The number of ether oxygens (including phenoxy) is 1. The molecule has 2 aromatic carbocycles. The van der Waals surface area contributed by atoms with Gasteiger partial charge in [0, 0.05) is 33.1 Å². The summed E-state index contributed by atoms with van der Waals surface area (Å²) >= 11 is 11.7. The van der Waals surface area contributed by atoms with Crippen molar-refractivity contribution in [2.24, 2.45) is 5.11 Å². The first kappa shape index (κ1) is 36.8. The average molecular weight is 753 g/mol. The maximum absolute atomic E-state index is 13.7. The van der Waals surface area contributed by atoms with Gasteiger partial charge in [0.2, 0.25) is 0 Å². The summed E-state index contributed by atoms with van der Waals surface area (Å²) in [6.07, 6.45) is -0.904. The van der Waals surface area contributed by atoms with Gasteiger partial charge in [0.05, 0.1) is 53.3 Å². The van der Waals surface area contributed by atoms with Crippen molar-refractivity contribution < 1.29 is 39.7 Å². The van der Waals surface area contributed by atoms with Crippen molar-refractivity contribution in [1.82, 2.24) is 9.55 Å². The summed E-state index contributed by atoms with van der Waals surface area (Å²) in [7, 11) is -12.6. The number of hydrogen-bond acceptors (Lipinski definition) is 12. The molecule has 2 heterocycles. The van der Waals surface area contributed by atoms with Gasteiger partial charge in [-0.1, -0.05) is 28.3 Å². The Morgan fingerprint density at radius 2 is 1.47 bits per heavy atom. The molecular formula is C26H28Cl2N5O11PS2. The number of benzene rings is 2. The number of aromatic nitrogens is 2. The summed E-state index contributed by atoms with van der Waals surface area (Å²) < 4.78 is 87.8. The van der Waals surface area contributed by atoms with Crippen LogP contribution in [0.1, 0.15) is 18.2 Å². The van der Waals surface area contributed by atoms with Crippen molar-refractivity contribution in [2.75, 3.05) is 31.3 Å². The highest BCUT2D eigenvalue weighted by Gasteiger charge is 2.39. The molecule has 3 aromatic rings. The van der Waals surface area contributed by atoms with Crippen LogP contribution in [-0.2, 0) is 42.5 Å². The summed E-state index contributed by atoms with van der Waals surface area (Å²) in [5, 5.41) is 4.29. The quantitative estimate of drug-likeness (QED) is 0.100. The number of nitrogens with zero attached hydrogens (tertiary/aromatic N) is 4. The maximum Gasteiger partial charge on any atom is 0.474 e. The first-order chi connectivity index (χ1) is 22.1. The topological polar surface area (TPSA) is 226 Å². The fraction of sp³-hybridized carbons (Fsp3) is 0.385. The molecule has 3 atom stereocenters. The highest BCUT2D eigenvalue weighted by Crippen LogP contribution is 2.50. The number of rotatable bonds is 15. The van der Waals surface area contributed by atoms with Gasteiger partial charge in [-0.05, 0) is 61.0 Å². The van der Waals surface area contributed by atoms with Crippen molar-refractivity contribution in [2.45, 2.75) is 41.5 Å². The van der Waals surface area contributed by atoms with E-state index in [1.165, 1.54) is 61.7 Å². The van der Waals surface area contributed by atoms with E-state index in [-0.39, 0.29) is 21.8 Å². The Morgan fingerprint density at radius 1 is 0.957 bits per heavy atom. The predicted octanol–water partition coefficient (Wildman–Crippen LogP) is 4.22. The van der Waals surface area contributed by atoms with Gasteiger partial charge in [-0.25, -0.2) is 26.2 Å². The zero-order chi connectivity index (χ0) is 34.4. The van der Waals surface area contributed by atoms with Crippen LogP contribution in [0.25, 0.3) is 10.4 Å². The van der Waals surface area contributed by atoms with Gasteiger partial charge >= 0.3 is 13.5 Å². The first-order valence-electron chi connectivity index (χ1n) is 13.6. The Bertz CT molecular complexity index is 1930. The van der Waals surface area contributed by atoms with E-state index in [4.69, 9.17) is 47.0 Å². The Balaban J connectivity index is 1.49. The summed E-state index contributed by atoms with van der Waals surface area (Å²) in [5.41, 5.74) is 7.91. The summed E-state index contributed by atoms with van der Waals surface area (Å²) in [6.45, 7) is -0.513. The summed E-state index contributed by atoms with van der Waals surface area (Å²) in [6, 6.07) is 9.70. The first-order valence-corrected chi connectivity index (χ1v) is 19.2. The molecule has 1 aliphatic rings. The van der Waals surface area contributed by atoms with Gasteiger partial charge in [-0.2, -0.15) is 0 Å². The smallest absolute Gasteiger partial charge is 0.352 e. The monoisotopic (exact) mass is 751 g/mol. The number of aryl methyl sites for hydroxylation is 1. The Labute approximate surface area is 278 Å². The summed E-state index contributed by atoms with van der Waals surface area (Å²) in [4.78, 5) is 29.0. The third-order valence-corrected chi connectivity index (χ3v) is 12.2. The molecule has 16 nitrogen and oxygen atoms in total. The van der Waals surface area contributed by atoms with Crippen molar-refractivity contribution in [3.05, 3.63) is 102 Å². The van der Waals surface area contributed by atoms with Gasteiger partial charge in [0.15, 0.2) is 19.7 Å². The van der Waals surface area contributed by atoms with Crippen LogP contribution >= 0.6 is 31.0 Å². The van der Waals surface area contributed by atoms with Gasteiger partial charge in [0.1, 0.15) is 6.23 Å². The van der Waals surface area contributed by atoms with Crippen molar-refractivity contribution in [3.8, 4) is 0 Å². The highest BCUT2D eigenvalue weighted by molar-refractivity contribution is 7.91. The van der Waals surface area contributed by atoms with Gasteiger partial charge in [-0.15, -0.1) is 0 Å². The number of nitrogens with one attached hydrogen (secondary N) is 1. The molecule has 0 bridgehead atoms. The standard InChI is InChI=1S/C26H28Cl2N5O11PS2/c1-17-15-33(26(35)30-25(17)34)24-14-22(31-32-29)23(44-24)16-43-45(36,41-10-12-46(37,38)20-6-2-18(27)3-7-20)42-11-13-47(39,40)21-8-4-19(28)5-9-21/h2-9,15,22-24H,10-14,16H2,1H3,(H,30,34,35)/t22-,23+,24+/m0/s1. The van der Waals surface area contributed by atoms with Gasteiger partial charge in [0.25, 0.3) is 5.56 Å². The highest BCUT2D eigenvalue weighted by atomic mass is 35.5. The second-order valence-electron chi connectivity index (χ2n) is 10.1. The molecule has 47 heavy (non-hydrogen) atoms. The van der Waals surface area contributed by atoms with Crippen LogP contribution in [0.3, 0.4) is 0 Å². The molecule has 254 valence electrons. The van der Waals surface area contributed by atoms with E-state index in [1.807, 2.05) is 0 Å². The van der Waals surface area contributed by atoms with Crippen LogP contribution < -0.4 is 11.2 Å². The molecule has 1 aromatic heterocycles. The zero-order valence-corrected chi connectivity index (χ0v) is 28.5. The lowest BCUT2D eigenvalue weighted by molar-refractivity contribution is -0.0299. The van der Waals surface area contributed by atoms with Gasteiger partial charge in [-0.3, -0.25) is 27.9 Å². The van der Waals surface area contributed by atoms with E-state index in [0.717, 1.165) is 4.57 Å². The van der Waals surface area contributed by atoms with Crippen molar-refractivity contribution >= 4 is 50.7 Å². The lowest BCUT2D eigenvalue weighted by Crippen LogP contribution is -2.33. The molecule has 0 amide bonds. The lowest BCUT2D eigenvalue weighted by Gasteiger charge is -2.21. The molecule has 1 N–H and O–H groups in total. The number of sulfone groups is 2. The van der Waals surface area contributed by atoms with E-state index in [2.05, 4.69) is 15.0 Å². The molecular weight excluding hydrogens is 724 g/mol. The molecule has 0 unspecified atom stereocenters. The number of phosphoric acid groups is 1. The van der Waals surface area contributed by atoms with E-state index in [1.54, 1.807) is 0 Å². The third-order valence-electron chi connectivity index (χ3n) is 6.81. The molecule has 0 radical (unpaired) electrons. The second kappa shape index (κ2) is 15.5. The SMILES string of the molecule is Cc1cn([C@H]2C[C@H](N=[N+]=[N-])[C@@H](COP(=O)(OCCS(=O)(=O)c3ccc(Cl)cc3)OCCS(=O)(=O)c3ccc(Cl)cc3)O2)c(=O)[nH]c1=O. The van der Waals surface area contributed by atoms with Crippen LogP contribution in [0.5, 0.6) is 0 Å². The van der Waals surface area contributed by atoms with E-state index >= 15 is 0 Å². The van der Waals surface area contributed by atoms with Crippen molar-refractivity contribution in [3.63, 3.8) is 0 Å². The average Bonchev–Trinajstić information content (AvgIpc) is 3.41. The zero-order valence-electron chi connectivity index (χ0n) is 24.5. The number of H-pyrrole nitrogens is 1. The molecule has 1 fully saturated rings. The molecule has 21 heteroatoms. The molecule has 0 saturated carbocycles. The second-order valence-corrected chi connectivity index (χ2v) is 16.8. The largest absolute Gasteiger partial charge is 0.474 e. The van der Waals surface area contributed by atoms with Gasteiger partial charge < -0.3 is 4.74 Å². The van der Waals surface area contributed by atoms with Crippen LogP contribution in [0.15, 0.2) is 79.2 Å². The molecule has 1 saturated heterocycles. The molecule has 4 rings (SSSR count). The third kappa shape index (κ3) is 9.76. The predicted molar refractivity (Wildman–Crippen MR) is 170 cm³/mol. The minimum absolute atomic E-state index is 0.0336. The minimum atomic E-state index is -4.71. The number of aromatic amines is 1.